The van der Waals surface area contributed by atoms with Crippen molar-refractivity contribution in [1.82, 2.24) is 0 Å². The first kappa shape index (κ1) is 10.7. The second-order valence-electron chi connectivity index (χ2n) is 4.37. The summed E-state index contributed by atoms with van der Waals surface area (Å²) in [6.07, 6.45) is 1.19. The van der Waals surface area contributed by atoms with Gasteiger partial charge >= 0.3 is 0 Å². The Morgan fingerprint density at radius 3 is 2.53 bits per heavy atom. The fourth-order valence-corrected chi connectivity index (χ4v) is 2.10. The number of hydrogen-bond donors (Lipinski definition) is 0. The number of methoxy groups -OCH3 is 1. The average Bonchev–Trinajstić information content (AvgIpc) is 2.58. The zero-order valence-corrected chi connectivity index (χ0v) is 9.57. The van der Waals surface area contributed by atoms with Crippen molar-refractivity contribution in [2.75, 3.05) is 7.11 Å². The lowest BCUT2D eigenvalue weighted by Gasteiger charge is -2.26. The Morgan fingerprint density at radius 1 is 1.33 bits per heavy atom. The van der Waals surface area contributed by atoms with Gasteiger partial charge in [0, 0.05) is 13.0 Å². The molecular formula is C13H18O2. The van der Waals surface area contributed by atoms with Crippen LogP contribution in [0.3, 0.4) is 0 Å². The third-order valence-corrected chi connectivity index (χ3v) is 3.42. The summed E-state index contributed by atoms with van der Waals surface area (Å²) in [5.41, 5.74) is 1.24. The maximum atomic E-state index is 5.97. The summed E-state index contributed by atoms with van der Waals surface area (Å²) < 4.78 is 11.4. The largest absolute Gasteiger partial charge is 0.353 e. The van der Waals surface area contributed by atoms with Crippen molar-refractivity contribution >= 4 is 0 Å². The zero-order valence-electron chi connectivity index (χ0n) is 9.57. The molecule has 0 saturated carbocycles. The highest BCUT2D eigenvalue weighted by Crippen LogP contribution is 2.43. The first-order chi connectivity index (χ1) is 7.15. The van der Waals surface area contributed by atoms with Crippen molar-refractivity contribution in [3.63, 3.8) is 0 Å². The molecule has 0 aromatic heterocycles. The molecule has 1 heterocycles. The summed E-state index contributed by atoms with van der Waals surface area (Å²) in [5.74, 6) is -0.00625. The maximum Gasteiger partial charge on any atom is 0.168 e. The first-order valence-corrected chi connectivity index (χ1v) is 5.43. The first-order valence-electron chi connectivity index (χ1n) is 5.43. The molecule has 0 amide bonds. The molecule has 1 unspecified atom stereocenters. The van der Waals surface area contributed by atoms with Gasteiger partial charge in [-0.25, -0.2) is 0 Å². The summed E-state index contributed by atoms with van der Waals surface area (Å²) in [7, 11) is 1.71. The van der Waals surface area contributed by atoms with E-state index in [0.29, 0.717) is 5.92 Å². The molecule has 0 radical (unpaired) electrons. The predicted octanol–water partition coefficient (Wildman–Crippen LogP) is 3.15. The lowest BCUT2D eigenvalue weighted by Crippen LogP contribution is -2.32. The minimum atomic E-state index is -0.430. The van der Waals surface area contributed by atoms with Gasteiger partial charge in [0.1, 0.15) is 0 Å². The predicted molar refractivity (Wildman–Crippen MR) is 59.5 cm³/mol. The van der Waals surface area contributed by atoms with Crippen molar-refractivity contribution < 1.29 is 9.47 Å². The van der Waals surface area contributed by atoms with Crippen LogP contribution in [-0.4, -0.2) is 12.9 Å². The van der Waals surface area contributed by atoms with Gasteiger partial charge in [-0.15, -0.1) is 0 Å². The van der Waals surface area contributed by atoms with Crippen molar-refractivity contribution in [2.24, 2.45) is 5.92 Å². The second-order valence-corrected chi connectivity index (χ2v) is 4.37. The van der Waals surface area contributed by atoms with Gasteiger partial charge in [0.2, 0.25) is 0 Å². The molecule has 1 aliphatic heterocycles. The molecule has 1 aromatic carbocycles. The molecule has 1 saturated heterocycles. The Labute approximate surface area is 91.2 Å². The quantitative estimate of drug-likeness (QED) is 0.740. The molecule has 3 atom stereocenters. The van der Waals surface area contributed by atoms with Crippen LogP contribution in [0, 0.1) is 5.92 Å². The highest BCUT2D eigenvalue weighted by atomic mass is 16.7. The van der Waals surface area contributed by atoms with Gasteiger partial charge in [-0.05, 0) is 18.9 Å². The molecule has 1 fully saturated rings. The Bertz CT molecular complexity index is 323. The third kappa shape index (κ3) is 1.92. The van der Waals surface area contributed by atoms with E-state index >= 15 is 0 Å². The van der Waals surface area contributed by atoms with Crippen molar-refractivity contribution in [3.05, 3.63) is 35.9 Å². The van der Waals surface area contributed by atoms with Crippen LogP contribution in [-0.2, 0) is 9.47 Å². The van der Waals surface area contributed by atoms with Gasteiger partial charge in [0.15, 0.2) is 5.79 Å². The minimum Gasteiger partial charge on any atom is -0.353 e. The molecule has 15 heavy (non-hydrogen) atoms. The molecule has 1 aliphatic rings. The van der Waals surface area contributed by atoms with E-state index in [1.807, 2.05) is 25.1 Å². The average molecular weight is 206 g/mol. The van der Waals surface area contributed by atoms with Crippen LogP contribution >= 0.6 is 0 Å². The van der Waals surface area contributed by atoms with Crippen molar-refractivity contribution in [2.45, 2.75) is 32.2 Å². The monoisotopic (exact) mass is 206 g/mol. The highest BCUT2D eigenvalue weighted by Gasteiger charge is 2.43. The fourth-order valence-electron chi connectivity index (χ4n) is 2.10. The van der Waals surface area contributed by atoms with E-state index in [9.17, 15) is 0 Å². The molecule has 2 nitrogen and oxygen atoms in total. The van der Waals surface area contributed by atoms with Crippen LogP contribution in [0.25, 0.3) is 0 Å². The zero-order chi connectivity index (χ0) is 10.9. The molecule has 0 N–H and O–H groups in total. The standard InChI is InChI=1S/C13H18O2/c1-10-9-12(15-13(10,2)14-3)11-7-5-4-6-8-11/h4-8,10,12H,9H2,1-3H3/t10-,12-,13?/m0/s1. The molecule has 1 aromatic rings. The number of rotatable bonds is 2. The van der Waals surface area contributed by atoms with Gasteiger partial charge in [0.05, 0.1) is 6.10 Å². The van der Waals surface area contributed by atoms with E-state index in [0.717, 1.165) is 6.42 Å². The van der Waals surface area contributed by atoms with Crippen LogP contribution in [0.2, 0.25) is 0 Å². The van der Waals surface area contributed by atoms with E-state index < -0.39 is 5.79 Å². The molecule has 2 rings (SSSR count). The van der Waals surface area contributed by atoms with Gasteiger partial charge < -0.3 is 9.47 Å². The molecule has 0 bridgehead atoms. The van der Waals surface area contributed by atoms with Crippen molar-refractivity contribution in [3.8, 4) is 0 Å². The molecule has 0 spiro atoms. The van der Waals surface area contributed by atoms with Gasteiger partial charge in [-0.2, -0.15) is 0 Å². The summed E-state index contributed by atoms with van der Waals surface area (Å²) in [6, 6.07) is 10.3. The fraction of sp³-hybridized carbons (Fsp3) is 0.538. The van der Waals surface area contributed by atoms with Crippen LogP contribution in [0.1, 0.15) is 31.9 Å². The smallest absolute Gasteiger partial charge is 0.168 e. The molecule has 0 aliphatic carbocycles. The Kier molecular flexibility index (Phi) is 2.81. The van der Waals surface area contributed by atoms with E-state index in [-0.39, 0.29) is 6.10 Å². The Hall–Kier alpha value is -0.860. The Morgan fingerprint density at radius 2 is 2.00 bits per heavy atom. The lowest BCUT2D eigenvalue weighted by molar-refractivity contribution is -0.216. The SMILES string of the molecule is COC1(C)O[C@H](c2ccccc2)C[C@@H]1C. The maximum absolute atomic E-state index is 5.97. The highest BCUT2D eigenvalue weighted by molar-refractivity contribution is 5.18. The number of ether oxygens (including phenoxy) is 2. The van der Waals surface area contributed by atoms with Crippen LogP contribution in [0.15, 0.2) is 30.3 Å². The third-order valence-electron chi connectivity index (χ3n) is 3.42. The van der Waals surface area contributed by atoms with Gasteiger partial charge in [-0.3, -0.25) is 0 Å². The molecule has 82 valence electrons. The van der Waals surface area contributed by atoms with Gasteiger partial charge in [-0.1, -0.05) is 37.3 Å². The Balaban J connectivity index is 2.16. The van der Waals surface area contributed by atoms with E-state index in [1.54, 1.807) is 7.11 Å². The normalized spacial score (nSPS) is 35.7. The van der Waals surface area contributed by atoms with Crippen LogP contribution in [0.4, 0.5) is 0 Å². The molecular weight excluding hydrogens is 188 g/mol. The molecule has 2 heteroatoms. The van der Waals surface area contributed by atoms with Crippen molar-refractivity contribution in [1.29, 1.82) is 0 Å². The topological polar surface area (TPSA) is 18.5 Å². The number of hydrogen-bond acceptors (Lipinski definition) is 2. The summed E-state index contributed by atoms with van der Waals surface area (Å²) in [4.78, 5) is 0. The number of benzene rings is 1. The summed E-state index contributed by atoms with van der Waals surface area (Å²) >= 11 is 0. The summed E-state index contributed by atoms with van der Waals surface area (Å²) in [5, 5.41) is 0. The van der Waals surface area contributed by atoms with E-state index in [4.69, 9.17) is 9.47 Å². The minimum absolute atomic E-state index is 0.172. The van der Waals surface area contributed by atoms with E-state index in [1.165, 1.54) is 5.56 Å². The van der Waals surface area contributed by atoms with Crippen LogP contribution in [0.5, 0.6) is 0 Å². The second kappa shape index (κ2) is 3.95. The lowest BCUT2D eigenvalue weighted by atomic mass is 9.97. The summed E-state index contributed by atoms with van der Waals surface area (Å²) in [6.45, 7) is 4.19. The van der Waals surface area contributed by atoms with Gasteiger partial charge in [0.25, 0.3) is 0 Å². The van der Waals surface area contributed by atoms with Crippen LogP contribution < -0.4 is 0 Å². The van der Waals surface area contributed by atoms with E-state index in [2.05, 4.69) is 19.1 Å².